The lowest BCUT2D eigenvalue weighted by Crippen LogP contribution is -2.29. The molecule has 0 radical (unpaired) electrons. The zero-order valence-electron chi connectivity index (χ0n) is 22.7. The molecule has 4 rings (SSSR count). The number of methoxy groups -OCH3 is 1. The molecule has 2 heterocycles. The molecular weight excluding hydrogens is 464 g/mol. The quantitative estimate of drug-likeness (QED) is 0.240. The van der Waals surface area contributed by atoms with Gasteiger partial charge < -0.3 is 24.6 Å². The molecule has 0 fully saturated rings. The molecule has 7 heteroatoms. The van der Waals surface area contributed by atoms with Crippen molar-refractivity contribution in [3.05, 3.63) is 72.6 Å². The van der Waals surface area contributed by atoms with E-state index in [2.05, 4.69) is 57.1 Å². The Labute approximate surface area is 219 Å². The molecule has 4 aromatic rings. The van der Waals surface area contributed by atoms with Crippen molar-refractivity contribution in [2.24, 2.45) is 10.8 Å². The fourth-order valence-electron chi connectivity index (χ4n) is 4.35. The summed E-state index contributed by atoms with van der Waals surface area (Å²) >= 11 is 0. The number of aldehydes is 1. The van der Waals surface area contributed by atoms with Gasteiger partial charge in [-0.05, 0) is 53.3 Å². The number of nitrogens with zero attached hydrogens (tertiary/aromatic N) is 2. The van der Waals surface area contributed by atoms with Crippen LogP contribution < -0.4 is 10.1 Å². The van der Waals surface area contributed by atoms with Gasteiger partial charge >= 0.3 is 0 Å². The number of fused-ring (bicyclic) bond motifs is 1. The van der Waals surface area contributed by atoms with Gasteiger partial charge in [-0.2, -0.15) is 0 Å². The average molecular weight is 503 g/mol. The summed E-state index contributed by atoms with van der Waals surface area (Å²) in [7, 11) is 3.25. The van der Waals surface area contributed by atoms with E-state index in [4.69, 9.17) is 4.74 Å². The first kappa shape index (κ1) is 27.9. The van der Waals surface area contributed by atoms with Gasteiger partial charge in [0.05, 0.1) is 12.0 Å². The summed E-state index contributed by atoms with van der Waals surface area (Å²) in [6.45, 7) is 9.42. The maximum Gasteiger partial charge on any atom is 0.143 e. The number of aromatic amines is 1. The maximum atomic E-state index is 11.3. The van der Waals surface area contributed by atoms with Gasteiger partial charge in [-0.3, -0.25) is 0 Å². The van der Waals surface area contributed by atoms with Gasteiger partial charge in [0.2, 0.25) is 0 Å². The van der Waals surface area contributed by atoms with Crippen molar-refractivity contribution in [1.82, 2.24) is 15.0 Å². The van der Waals surface area contributed by atoms with E-state index in [-0.39, 0.29) is 10.8 Å². The minimum absolute atomic E-state index is 0.109. The van der Waals surface area contributed by atoms with Gasteiger partial charge in [0.1, 0.15) is 29.8 Å². The molecule has 0 atom stereocenters. The second kappa shape index (κ2) is 12.5. The van der Waals surface area contributed by atoms with Gasteiger partial charge in [-0.25, -0.2) is 9.97 Å². The molecule has 0 aliphatic heterocycles. The van der Waals surface area contributed by atoms with E-state index < -0.39 is 0 Å². The van der Waals surface area contributed by atoms with Crippen LogP contribution in [0.5, 0.6) is 5.75 Å². The van der Waals surface area contributed by atoms with Crippen molar-refractivity contribution in [2.75, 3.05) is 26.1 Å². The molecule has 0 spiro atoms. The summed E-state index contributed by atoms with van der Waals surface area (Å²) in [4.78, 5) is 23.5. The fourth-order valence-corrected chi connectivity index (χ4v) is 4.35. The molecule has 2 N–H and O–H groups in total. The number of H-pyrrole nitrogens is 1. The molecule has 0 amide bonds. The SMILES string of the molecule is CC(C)(C=O)CC(C)(C)COc1ccc(-c2cc3c(NCc4ccccc4)ncnc3[nH]2)cc1.COC. The molecule has 0 unspecified atom stereocenters. The Balaban J connectivity index is 0.00000121. The van der Waals surface area contributed by atoms with Gasteiger partial charge in [0.15, 0.2) is 0 Å². The minimum atomic E-state index is -0.357. The molecule has 7 nitrogen and oxygen atoms in total. The smallest absolute Gasteiger partial charge is 0.143 e. The summed E-state index contributed by atoms with van der Waals surface area (Å²) in [5, 5.41) is 4.37. The fraction of sp³-hybridized carbons (Fsp3) is 0.367. The first-order chi connectivity index (χ1) is 17.7. The Morgan fingerprint density at radius 3 is 2.30 bits per heavy atom. The topological polar surface area (TPSA) is 89.1 Å². The van der Waals surface area contributed by atoms with Crippen LogP contribution in [0.2, 0.25) is 0 Å². The Bertz CT molecular complexity index is 1270. The van der Waals surface area contributed by atoms with E-state index in [1.807, 2.05) is 56.3 Å². The number of rotatable bonds is 10. The lowest BCUT2D eigenvalue weighted by molar-refractivity contribution is -0.116. The van der Waals surface area contributed by atoms with Crippen LogP contribution in [-0.2, 0) is 16.1 Å². The first-order valence-electron chi connectivity index (χ1n) is 12.4. The van der Waals surface area contributed by atoms with E-state index in [1.165, 1.54) is 5.56 Å². The second-order valence-electron chi connectivity index (χ2n) is 10.7. The molecule has 2 aromatic heterocycles. The van der Waals surface area contributed by atoms with Gasteiger partial charge in [-0.15, -0.1) is 0 Å². The zero-order valence-corrected chi connectivity index (χ0v) is 22.7. The van der Waals surface area contributed by atoms with E-state index in [0.29, 0.717) is 13.2 Å². The van der Waals surface area contributed by atoms with Crippen molar-refractivity contribution in [3.8, 4) is 17.0 Å². The first-order valence-corrected chi connectivity index (χ1v) is 12.4. The number of benzene rings is 2. The van der Waals surface area contributed by atoms with Crippen LogP contribution in [0.3, 0.4) is 0 Å². The predicted octanol–water partition coefficient (Wildman–Crippen LogP) is 6.52. The Morgan fingerprint density at radius 1 is 0.973 bits per heavy atom. The van der Waals surface area contributed by atoms with Crippen molar-refractivity contribution < 1.29 is 14.3 Å². The molecule has 37 heavy (non-hydrogen) atoms. The van der Waals surface area contributed by atoms with Crippen molar-refractivity contribution >= 4 is 23.1 Å². The number of carbonyl (C=O) groups excluding carboxylic acids is 1. The largest absolute Gasteiger partial charge is 0.493 e. The summed E-state index contributed by atoms with van der Waals surface area (Å²) in [5.41, 5.74) is 3.53. The van der Waals surface area contributed by atoms with Crippen LogP contribution in [0.15, 0.2) is 67.0 Å². The van der Waals surface area contributed by atoms with Crippen LogP contribution >= 0.6 is 0 Å². The highest BCUT2D eigenvalue weighted by atomic mass is 16.5. The predicted molar refractivity (Wildman–Crippen MR) is 150 cm³/mol. The van der Waals surface area contributed by atoms with Crippen molar-refractivity contribution in [2.45, 2.75) is 40.7 Å². The summed E-state index contributed by atoms with van der Waals surface area (Å²) in [6, 6.07) is 20.3. The van der Waals surface area contributed by atoms with E-state index in [1.54, 1.807) is 20.5 Å². The number of carbonyl (C=O) groups is 1. The normalized spacial score (nSPS) is 11.5. The van der Waals surface area contributed by atoms with Crippen molar-refractivity contribution in [3.63, 3.8) is 0 Å². The molecule has 0 saturated heterocycles. The molecule has 0 aliphatic rings. The van der Waals surface area contributed by atoms with Crippen molar-refractivity contribution in [1.29, 1.82) is 0 Å². The summed E-state index contributed by atoms with van der Waals surface area (Å²) in [6.07, 6.45) is 3.36. The van der Waals surface area contributed by atoms with E-state index in [9.17, 15) is 4.79 Å². The van der Waals surface area contributed by atoms with Crippen LogP contribution in [0.1, 0.15) is 39.7 Å². The van der Waals surface area contributed by atoms with Crippen LogP contribution in [-0.4, -0.2) is 42.1 Å². The highest BCUT2D eigenvalue weighted by molar-refractivity contribution is 5.91. The number of anilines is 1. The molecule has 196 valence electrons. The monoisotopic (exact) mass is 502 g/mol. The third kappa shape index (κ3) is 8.15. The molecular formula is C30H38N4O3. The van der Waals surface area contributed by atoms with Gasteiger partial charge in [0.25, 0.3) is 0 Å². The zero-order chi connectivity index (χ0) is 26.9. The Kier molecular flexibility index (Phi) is 9.42. The Hall–Kier alpha value is -3.71. The van der Waals surface area contributed by atoms with Gasteiger partial charge in [0, 0.05) is 31.9 Å². The standard InChI is InChI=1S/C28H32N4O2.C2H6O/c1-27(2,17-33)16-28(3,4)18-34-22-12-10-21(11-13-22)24-14-23-25(30-19-31-26(23)32-24)29-15-20-8-6-5-7-9-20;1-3-2/h5-14,17,19H,15-16,18H2,1-4H3,(H2,29,30,31,32);1-2H3. The average Bonchev–Trinajstić information content (AvgIpc) is 3.32. The number of ether oxygens (including phenoxy) is 2. The number of nitrogens with one attached hydrogen (secondary N) is 2. The highest BCUT2D eigenvalue weighted by Gasteiger charge is 2.29. The Morgan fingerprint density at radius 2 is 1.65 bits per heavy atom. The summed E-state index contributed by atoms with van der Waals surface area (Å²) < 4.78 is 10.3. The third-order valence-corrected chi connectivity index (χ3v) is 5.78. The maximum absolute atomic E-state index is 11.3. The number of hydrogen-bond donors (Lipinski definition) is 2. The van der Waals surface area contributed by atoms with Crippen LogP contribution in [0.25, 0.3) is 22.3 Å². The molecule has 0 saturated carbocycles. The molecule has 0 bridgehead atoms. The number of hydrogen-bond acceptors (Lipinski definition) is 6. The lowest BCUT2D eigenvalue weighted by atomic mass is 9.76. The molecule has 2 aromatic carbocycles. The number of aromatic nitrogens is 3. The van der Waals surface area contributed by atoms with E-state index in [0.717, 1.165) is 46.6 Å². The minimum Gasteiger partial charge on any atom is -0.493 e. The highest BCUT2D eigenvalue weighted by Crippen LogP contribution is 2.33. The third-order valence-electron chi connectivity index (χ3n) is 5.78. The van der Waals surface area contributed by atoms with Crippen LogP contribution in [0.4, 0.5) is 5.82 Å². The summed E-state index contributed by atoms with van der Waals surface area (Å²) in [5.74, 6) is 1.61. The van der Waals surface area contributed by atoms with Crippen LogP contribution in [0, 0.1) is 10.8 Å². The van der Waals surface area contributed by atoms with E-state index >= 15 is 0 Å². The lowest BCUT2D eigenvalue weighted by Gasteiger charge is -2.31. The van der Waals surface area contributed by atoms with Gasteiger partial charge in [-0.1, -0.05) is 58.0 Å². The second-order valence-corrected chi connectivity index (χ2v) is 10.7. The molecule has 0 aliphatic carbocycles.